The first-order valence-electron chi connectivity index (χ1n) is 6.33. The SMILES string of the molecule is CC(C)(C)[C@H](N)c1nc(CSc2ccccc2Br)no1. The van der Waals surface area contributed by atoms with Crippen LogP contribution >= 0.6 is 27.7 Å². The second kappa shape index (κ2) is 6.28. The van der Waals surface area contributed by atoms with E-state index in [0.717, 1.165) is 9.37 Å². The van der Waals surface area contributed by atoms with Crippen molar-refractivity contribution in [3.8, 4) is 0 Å². The van der Waals surface area contributed by atoms with Gasteiger partial charge < -0.3 is 10.3 Å². The fourth-order valence-electron chi connectivity index (χ4n) is 1.53. The van der Waals surface area contributed by atoms with Crippen LogP contribution < -0.4 is 5.73 Å². The Bertz CT molecular complexity index is 580. The van der Waals surface area contributed by atoms with Crippen molar-refractivity contribution >= 4 is 27.7 Å². The van der Waals surface area contributed by atoms with Crippen LogP contribution in [0.15, 0.2) is 38.2 Å². The van der Waals surface area contributed by atoms with Gasteiger partial charge in [-0.25, -0.2) is 0 Å². The fourth-order valence-corrected chi connectivity index (χ4v) is 2.94. The molecule has 2 aromatic rings. The molecular formula is C14H18BrN3OS. The van der Waals surface area contributed by atoms with E-state index < -0.39 is 0 Å². The number of benzene rings is 1. The highest BCUT2D eigenvalue weighted by molar-refractivity contribution is 9.10. The molecule has 1 aromatic heterocycles. The minimum Gasteiger partial charge on any atom is -0.338 e. The van der Waals surface area contributed by atoms with E-state index in [-0.39, 0.29) is 11.5 Å². The summed E-state index contributed by atoms with van der Waals surface area (Å²) in [5.41, 5.74) is 6.01. The third-order valence-electron chi connectivity index (χ3n) is 2.88. The van der Waals surface area contributed by atoms with Gasteiger partial charge in [0.1, 0.15) is 0 Å². The molecule has 0 aliphatic carbocycles. The highest BCUT2D eigenvalue weighted by Crippen LogP contribution is 2.31. The summed E-state index contributed by atoms with van der Waals surface area (Å²) >= 11 is 5.18. The Morgan fingerprint density at radius 2 is 2.05 bits per heavy atom. The largest absolute Gasteiger partial charge is 0.338 e. The van der Waals surface area contributed by atoms with Crippen LogP contribution in [0.5, 0.6) is 0 Å². The van der Waals surface area contributed by atoms with Gasteiger partial charge in [0, 0.05) is 9.37 Å². The molecule has 0 saturated heterocycles. The topological polar surface area (TPSA) is 64.9 Å². The predicted molar refractivity (Wildman–Crippen MR) is 84.4 cm³/mol. The summed E-state index contributed by atoms with van der Waals surface area (Å²) in [5.74, 6) is 1.82. The van der Waals surface area contributed by atoms with Gasteiger partial charge in [0.2, 0.25) is 5.89 Å². The first kappa shape index (κ1) is 15.5. The minimum atomic E-state index is -0.253. The predicted octanol–water partition coefficient (Wildman–Crippen LogP) is 4.17. The molecule has 0 radical (unpaired) electrons. The standard InChI is InChI=1S/C14H18BrN3OS/c1-14(2,3)12(16)13-17-11(18-19-13)8-20-10-7-5-4-6-9(10)15/h4-7,12H,8,16H2,1-3H3/t12-/m1/s1. The molecule has 0 spiro atoms. The van der Waals surface area contributed by atoms with E-state index >= 15 is 0 Å². The molecule has 0 aliphatic rings. The molecule has 0 fully saturated rings. The molecule has 108 valence electrons. The van der Waals surface area contributed by atoms with E-state index in [1.807, 2.05) is 18.2 Å². The Balaban J connectivity index is 2.02. The van der Waals surface area contributed by atoms with Crippen molar-refractivity contribution in [3.63, 3.8) is 0 Å². The van der Waals surface area contributed by atoms with Gasteiger partial charge in [-0.1, -0.05) is 38.1 Å². The molecule has 1 aromatic carbocycles. The molecule has 0 amide bonds. The summed E-state index contributed by atoms with van der Waals surface area (Å²) in [6.07, 6.45) is 0. The number of nitrogens with zero attached hydrogens (tertiary/aromatic N) is 2. The van der Waals surface area contributed by atoms with Gasteiger partial charge in [-0.3, -0.25) is 0 Å². The molecule has 0 saturated carbocycles. The van der Waals surface area contributed by atoms with E-state index in [1.165, 1.54) is 0 Å². The monoisotopic (exact) mass is 355 g/mol. The van der Waals surface area contributed by atoms with Crippen molar-refractivity contribution in [3.05, 3.63) is 40.5 Å². The Hall–Kier alpha value is -0.850. The fraction of sp³-hybridized carbons (Fsp3) is 0.429. The van der Waals surface area contributed by atoms with Gasteiger partial charge >= 0.3 is 0 Å². The molecule has 0 bridgehead atoms. The third-order valence-corrected chi connectivity index (χ3v) is 4.90. The number of halogens is 1. The van der Waals surface area contributed by atoms with E-state index in [0.29, 0.717) is 17.5 Å². The van der Waals surface area contributed by atoms with Gasteiger partial charge in [0.15, 0.2) is 5.82 Å². The van der Waals surface area contributed by atoms with Gasteiger partial charge in [-0.2, -0.15) is 4.98 Å². The quantitative estimate of drug-likeness (QED) is 0.833. The Morgan fingerprint density at radius 1 is 1.35 bits per heavy atom. The summed E-state index contributed by atoms with van der Waals surface area (Å²) in [6, 6.07) is 7.81. The third kappa shape index (κ3) is 3.84. The molecule has 20 heavy (non-hydrogen) atoms. The zero-order chi connectivity index (χ0) is 14.8. The van der Waals surface area contributed by atoms with E-state index in [9.17, 15) is 0 Å². The average molecular weight is 356 g/mol. The van der Waals surface area contributed by atoms with Gasteiger partial charge in [-0.15, -0.1) is 11.8 Å². The minimum absolute atomic E-state index is 0.0978. The maximum Gasteiger partial charge on any atom is 0.244 e. The van der Waals surface area contributed by atoms with Crippen LogP contribution in [-0.4, -0.2) is 10.1 Å². The van der Waals surface area contributed by atoms with E-state index in [2.05, 4.69) is 52.9 Å². The molecule has 2 rings (SSSR count). The van der Waals surface area contributed by atoms with Crippen LogP contribution in [0.3, 0.4) is 0 Å². The van der Waals surface area contributed by atoms with Gasteiger partial charge in [-0.05, 0) is 33.5 Å². The van der Waals surface area contributed by atoms with Crippen molar-refractivity contribution in [2.45, 2.75) is 37.5 Å². The number of rotatable bonds is 4. The van der Waals surface area contributed by atoms with Crippen molar-refractivity contribution in [2.24, 2.45) is 11.1 Å². The lowest BCUT2D eigenvalue weighted by Gasteiger charge is -2.23. The molecule has 0 unspecified atom stereocenters. The zero-order valence-corrected chi connectivity index (χ0v) is 14.2. The highest BCUT2D eigenvalue weighted by Gasteiger charge is 2.27. The van der Waals surface area contributed by atoms with Crippen LogP contribution in [0.2, 0.25) is 0 Å². The molecular weight excluding hydrogens is 338 g/mol. The number of hydrogen-bond donors (Lipinski definition) is 1. The van der Waals surface area contributed by atoms with Crippen LogP contribution in [0.25, 0.3) is 0 Å². The summed E-state index contributed by atoms with van der Waals surface area (Å²) < 4.78 is 6.33. The summed E-state index contributed by atoms with van der Waals surface area (Å²) in [6.45, 7) is 6.16. The summed E-state index contributed by atoms with van der Waals surface area (Å²) in [4.78, 5) is 5.53. The lowest BCUT2D eigenvalue weighted by molar-refractivity contribution is 0.252. The highest BCUT2D eigenvalue weighted by atomic mass is 79.9. The Morgan fingerprint density at radius 3 is 2.70 bits per heavy atom. The molecule has 6 heteroatoms. The van der Waals surface area contributed by atoms with Crippen LogP contribution in [-0.2, 0) is 5.75 Å². The Kier molecular flexibility index (Phi) is 4.88. The normalized spacial score (nSPS) is 13.4. The van der Waals surface area contributed by atoms with E-state index in [4.69, 9.17) is 10.3 Å². The lowest BCUT2D eigenvalue weighted by atomic mass is 9.87. The number of aromatic nitrogens is 2. The summed E-state index contributed by atoms with van der Waals surface area (Å²) in [7, 11) is 0. The molecule has 1 atom stereocenters. The zero-order valence-electron chi connectivity index (χ0n) is 11.8. The molecule has 0 aliphatic heterocycles. The van der Waals surface area contributed by atoms with Crippen molar-refractivity contribution in [1.82, 2.24) is 10.1 Å². The van der Waals surface area contributed by atoms with Crippen molar-refractivity contribution < 1.29 is 4.52 Å². The van der Waals surface area contributed by atoms with E-state index in [1.54, 1.807) is 11.8 Å². The van der Waals surface area contributed by atoms with Crippen molar-refractivity contribution in [2.75, 3.05) is 0 Å². The first-order valence-corrected chi connectivity index (χ1v) is 8.11. The van der Waals surface area contributed by atoms with Gasteiger partial charge in [0.25, 0.3) is 0 Å². The average Bonchev–Trinajstić information content (AvgIpc) is 2.84. The van der Waals surface area contributed by atoms with Gasteiger partial charge in [0.05, 0.1) is 11.8 Å². The first-order chi connectivity index (χ1) is 9.38. The van der Waals surface area contributed by atoms with Crippen LogP contribution in [0, 0.1) is 5.41 Å². The Labute approximate surface area is 131 Å². The van der Waals surface area contributed by atoms with Crippen LogP contribution in [0.1, 0.15) is 38.5 Å². The maximum atomic E-state index is 6.11. The number of nitrogens with two attached hydrogens (primary N) is 1. The smallest absolute Gasteiger partial charge is 0.244 e. The second-order valence-electron chi connectivity index (χ2n) is 5.61. The molecule has 1 heterocycles. The summed E-state index contributed by atoms with van der Waals surface area (Å²) in [5, 5.41) is 3.99. The number of thioether (sulfide) groups is 1. The molecule has 2 N–H and O–H groups in total. The maximum absolute atomic E-state index is 6.11. The second-order valence-corrected chi connectivity index (χ2v) is 7.48. The van der Waals surface area contributed by atoms with Crippen LogP contribution in [0.4, 0.5) is 0 Å². The molecule has 4 nitrogen and oxygen atoms in total. The lowest BCUT2D eigenvalue weighted by Crippen LogP contribution is -2.26. The number of hydrogen-bond acceptors (Lipinski definition) is 5. The van der Waals surface area contributed by atoms with Crippen molar-refractivity contribution in [1.29, 1.82) is 0 Å².